The van der Waals surface area contributed by atoms with Crippen LogP contribution in [0.5, 0.6) is 0 Å². The highest BCUT2D eigenvalue weighted by molar-refractivity contribution is 5.94. The number of nitrogens with zero attached hydrogens (tertiary/aromatic N) is 4. The van der Waals surface area contributed by atoms with Gasteiger partial charge in [0.15, 0.2) is 0 Å². The molecule has 0 radical (unpaired) electrons. The van der Waals surface area contributed by atoms with Crippen molar-refractivity contribution >= 4 is 11.7 Å². The molecule has 2 saturated heterocycles. The van der Waals surface area contributed by atoms with Crippen LogP contribution in [0.3, 0.4) is 0 Å². The number of carbonyl (C=O) groups is 1. The van der Waals surface area contributed by atoms with Crippen LogP contribution in [-0.4, -0.2) is 79.6 Å². The first-order valence-corrected chi connectivity index (χ1v) is 10.1. The van der Waals surface area contributed by atoms with Gasteiger partial charge in [0.1, 0.15) is 5.82 Å². The minimum absolute atomic E-state index is 0.0154. The van der Waals surface area contributed by atoms with E-state index in [1.165, 1.54) is 25.8 Å². The maximum Gasteiger partial charge on any atom is 0.252 e. The van der Waals surface area contributed by atoms with Crippen molar-refractivity contribution in [2.24, 2.45) is 0 Å². The Bertz CT molecular complexity index is 568. The summed E-state index contributed by atoms with van der Waals surface area (Å²) in [7, 11) is 2.19. The van der Waals surface area contributed by atoms with Crippen LogP contribution < -0.4 is 10.2 Å². The smallest absolute Gasteiger partial charge is 0.252 e. The molecule has 6 heteroatoms. The lowest BCUT2D eigenvalue weighted by Crippen LogP contribution is -2.46. The predicted octanol–water partition coefficient (Wildman–Crippen LogP) is 1.83. The lowest BCUT2D eigenvalue weighted by Gasteiger charge is -2.34. The fourth-order valence-electron chi connectivity index (χ4n) is 3.96. The largest absolute Gasteiger partial charge is 0.354 e. The number of piperazine rings is 1. The number of hydrogen-bond donors (Lipinski definition) is 1. The Hall–Kier alpha value is -1.66. The van der Waals surface area contributed by atoms with Gasteiger partial charge in [-0.3, -0.25) is 4.79 Å². The van der Waals surface area contributed by atoms with Gasteiger partial charge in [0.25, 0.3) is 5.91 Å². The van der Waals surface area contributed by atoms with E-state index in [1.807, 2.05) is 12.1 Å². The molecule has 144 valence electrons. The van der Waals surface area contributed by atoms with Crippen LogP contribution in [0.1, 0.15) is 43.0 Å². The van der Waals surface area contributed by atoms with Crippen LogP contribution in [0.2, 0.25) is 0 Å². The molecule has 1 amide bonds. The minimum Gasteiger partial charge on any atom is -0.354 e. The molecule has 2 fully saturated rings. The Morgan fingerprint density at radius 1 is 1.19 bits per heavy atom. The number of likely N-dealkylation sites (N-methyl/N-ethyl adjacent to an activating group) is 1. The summed E-state index contributed by atoms with van der Waals surface area (Å²) in [5.41, 5.74) is 0.651. The third-order valence-corrected chi connectivity index (χ3v) is 5.84. The Morgan fingerprint density at radius 3 is 2.65 bits per heavy atom. The Kier molecular flexibility index (Phi) is 6.86. The summed E-state index contributed by atoms with van der Waals surface area (Å²) in [5, 5.41) is 3.05. The van der Waals surface area contributed by atoms with Crippen molar-refractivity contribution in [3.05, 3.63) is 23.9 Å². The lowest BCUT2D eigenvalue weighted by atomic mass is 10.0. The SMILES string of the molecule is CCN1CCN(c2ccc(C(=O)NCC[C@H]3CCCCN3C)cn2)CC1. The first-order chi connectivity index (χ1) is 12.7. The molecule has 1 aromatic heterocycles. The molecule has 3 rings (SSSR count). The molecule has 0 saturated carbocycles. The van der Waals surface area contributed by atoms with E-state index in [2.05, 4.69) is 39.0 Å². The third kappa shape index (κ3) is 4.95. The molecule has 0 unspecified atom stereocenters. The van der Waals surface area contributed by atoms with E-state index >= 15 is 0 Å². The van der Waals surface area contributed by atoms with E-state index in [9.17, 15) is 4.79 Å². The zero-order valence-corrected chi connectivity index (χ0v) is 16.3. The van der Waals surface area contributed by atoms with Crippen molar-refractivity contribution in [1.29, 1.82) is 0 Å². The van der Waals surface area contributed by atoms with Crippen LogP contribution in [0, 0.1) is 0 Å². The number of hydrogen-bond acceptors (Lipinski definition) is 5. The monoisotopic (exact) mass is 359 g/mol. The van der Waals surface area contributed by atoms with Gasteiger partial charge in [0.05, 0.1) is 5.56 Å². The molecular formula is C20H33N5O. The van der Waals surface area contributed by atoms with Gasteiger partial charge in [-0.25, -0.2) is 4.98 Å². The van der Waals surface area contributed by atoms with Crippen molar-refractivity contribution in [1.82, 2.24) is 20.1 Å². The average Bonchev–Trinajstić information content (AvgIpc) is 2.69. The standard InChI is InChI=1S/C20H33N5O/c1-3-24-12-14-25(15-13-24)19-8-7-17(16-22-19)20(26)21-10-9-18-6-4-5-11-23(18)2/h7-8,16,18H,3-6,9-15H2,1-2H3,(H,21,26)/t18-/m1/s1. The first kappa shape index (κ1) is 19.1. The number of amides is 1. The third-order valence-electron chi connectivity index (χ3n) is 5.84. The topological polar surface area (TPSA) is 51.7 Å². The molecule has 0 aliphatic carbocycles. The van der Waals surface area contributed by atoms with E-state index in [4.69, 9.17) is 0 Å². The predicted molar refractivity (Wildman–Crippen MR) is 106 cm³/mol. The van der Waals surface area contributed by atoms with E-state index in [-0.39, 0.29) is 5.91 Å². The van der Waals surface area contributed by atoms with Crippen molar-refractivity contribution in [2.75, 3.05) is 57.8 Å². The number of piperidine rings is 1. The molecule has 3 heterocycles. The van der Waals surface area contributed by atoms with E-state index in [0.29, 0.717) is 11.6 Å². The normalized spacial score (nSPS) is 22.4. The summed E-state index contributed by atoms with van der Waals surface area (Å²) in [4.78, 5) is 24.0. The number of pyridine rings is 1. The number of carbonyl (C=O) groups excluding carboxylic acids is 1. The molecule has 1 N–H and O–H groups in total. The summed E-state index contributed by atoms with van der Waals surface area (Å²) in [6, 6.07) is 4.48. The molecule has 1 atom stereocenters. The van der Waals surface area contributed by atoms with E-state index in [0.717, 1.165) is 51.5 Å². The van der Waals surface area contributed by atoms with Crippen LogP contribution in [0.15, 0.2) is 18.3 Å². The second-order valence-corrected chi connectivity index (χ2v) is 7.50. The second-order valence-electron chi connectivity index (χ2n) is 7.50. The average molecular weight is 360 g/mol. The number of nitrogens with one attached hydrogen (secondary N) is 1. The second kappa shape index (κ2) is 9.33. The fraction of sp³-hybridized carbons (Fsp3) is 0.700. The van der Waals surface area contributed by atoms with Gasteiger partial charge < -0.3 is 20.0 Å². The summed E-state index contributed by atoms with van der Waals surface area (Å²) < 4.78 is 0. The minimum atomic E-state index is -0.0154. The van der Waals surface area contributed by atoms with Crippen molar-refractivity contribution in [3.8, 4) is 0 Å². The maximum atomic E-state index is 12.4. The summed E-state index contributed by atoms with van der Waals surface area (Å²) in [5.74, 6) is 0.958. The zero-order valence-electron chi connectivity index (χ0n) is 16.3. The molecule has 0 spiro atoms. The maximum absolute atomic E-state index is 12.4. The Balaban J connectivity index is 1.45. The highest BCUT2D eigenvalue weighted by Crippen LogP contribution is 2.17. The van der Waals surface area contributed by atoms with Gasteiger partial charge in [-0.2, -0.15) is 0 Å². The molecule has 6 nitrogen and oxygen atoms in total. The number of aromatic nitrogens is 1. The Labute approximate surface area is 157 Å². The molecular weight excluding hydrogens is 326 g/mol. The number of likely N-dealkylation sites (tertiary alicyclic amines) is 1. The van der Waals surface area contributed by atoms with Crippen LogP contribution in [0.4, 0.5) is 5.82 Å². The summed E-state index contributed by atoms with van der Waals surface area (Å²) >= 11 is 0. The summed E-state index contributed by atoms with van der Waals surface area (Å²) in [6.07, 6.45) is 6.58. The highest BCUT2D eigenvalue weighted by Gasteiger charge is 2.19. The van der Waals surface area contributed by atoms with Crippen molar-refractivity contribution < 1.29 is 4.79 Å². The quantitative estimate of drug-likeness (QED) is 0.840. The molecule has 0 aromatic carbocycles. The Morgan fingerprint density at radius 2 is 2.00 bits per heavy atom. The van der Waals surface area contributed by atoms with E-state index < -0.39 is 0 Å². The van der Waals surface area contributed by atoms with Crippen LogP contribution in [0.25, 0.3) is 0 Å². The molecule has 26 heavy (non-hydrogen) atoms. The number of rotatable bonds is 6. The van der Waals surface area contributed by atoms with Gasteiger partial charge in [-0.05, 0) is 51.5 Å². The molecule has 2 aliphatic heterocycles. The van der Waals surface area contributed by atoms with Gasteiger partial charge in [0, 0.05) is 45.0 Å². The van der Waals surface area contributed by atoms with Crippen molar-refractivity contribution in [2.45, 2.75) is 38.6 Å². The fourth-order valence-corrected chi connectivity index (χ4v) is 3.96. The zero-order chi connectivity index (χ0) is 18.4. The van der Waals surface area contributed by atoms with Gasteiger partial charge in [-0.1, -0.05) is 13.3 Å². The van der Waals surface area contributed by atoms with E-state index in [1.54, 1.807) is 6.20 Å². The molecule has 0 bridgehead atoms. The lowest BCUT2D eigenvalue weighted by molar-refractivity contribution is 0.0945. The number of anilines is 1. The van der Waals surface area contributed by atoms with Crippen LogP contribution >= 0.6 is 0 Å². The van der Waals surface area contributed by atoms with Gasteiger partial charge >= 0.3 is 0 Å². The molecule has 2 aliphatic rings. The first-order valence-electron chi connectivity index (χ1n) is 10.1. The van der Waals surface area contributed by atoms with Crippen molar-refractivity contribution in [3.63, 3.8) is 0 Å². The molecule has 1 aromatic rings. The summed E-state index contributed by atoms with van der Waals surface area (Å²) in [6.45, 7) is 9.38. The van der Waals surface area contributed by atoms with Gasteiger partial charge in [0.2, 0.25) is 0 Å². The van der Waals surface area contributed by atoms with Gasteiger partial charge in [-0.15, -0.1) is 0 Å². The van der Waals surface area contributed by atoms with Crippen LogP contribution in [-0.2, 0) is 0 Å². The highest BCUT2D eigenvalue weighted by atomic mass is 16.1.